The summed E-state index contributed by atoms with van der Waals surface area (Å²) in [6.07, 6.45) is 0.934. The highest BCUT2D eigenvalue weighted by Gasteiger charge is 2.14. The van der Waals surface area contributed by atoms with Gasteiger partial charge in [0.1, 0.15) is 5.76 Å². The van der Waals surface area contributed by atoms with Crippen LogP contribution in [0.1, 0.15) is 17.0 Å². The molecule has 1 aliphatic rings. The van der Waals surface area contributed by atoms with Crippen molar-refractivity contribution < 1.29 is 9.21 Å². The second-order valence-corrected chi connectivity index (χ2v) is 6.25. The second kappa shape index (κ2) is 8.33. The van der Waals surface area contributed by atoms with Crippen LogP contribution in [0.25, 0.3) is 11.3 Å². The van der Waals surface area contributed by atoms with E-state index in [1.54, 1.807) is 18.2 Å². The van der Waals surface area contributed by atoms with E-state index in [4.69, 9.17) is 16.0 Å². The van der Waals surface area contributed by atoms with E-state index in [1.807, 2.05) is 18.2 Å². The number of furan rings is 1. The standard InChI is InChI=1S/C18H22ClN3O2/c19-15-5-2-1-4-14(15)16-6-7-17(24-16)18(23)21-8-3-11-22-12-9-20-10-13-22/h1-2,4-7,20H,3,8-13H2,(H,21,23). The van der Waals surface area contributed by atoms with Crippen LogP contribution in [0.5, 0.6) is 0 Å². The van der Waals surface area contributed by atoms with Crippen molar-refractivity contribution in [3.05, 3.63) is 47.2 Å². The molecule has 2 heterocycles. The molecule has 0 unspecified atom stereocenters. The Morgan fingerprint density at radius 2 is 2.00 bits per heavy atom. The quantitative estimate of drug-likeness (QED) is 0.789. The van der Waals surface area contributed by atoms with Crippen LogP contribution in [0.15, 0.2) is 40.8 Å². The summed E-state index contributed by atoms with van der Waals surface area (Å²) >= 11 is 6.15. The van der Waals surface area contributed by atoms with Gasteiger partial charge >= 0.3 is 0 Å². The van der Waals surface area contributed by atoms with Gasteiger partial charge in [0.2, 0.25) is 0 Å². The fourth-order valence-corrected chi connectivity index (χ4v) is 3.02. The molecule has 1 saturated heterocycles. The number of hydrogen-bond donors (Lipinski definition) is 2. The van der Waals surface area contributed by atoms with Crippen molar-refractivity contribution in [2.75, 3.05) is 39.3 Å². The maximum absolute atomic E-state index is 12.2. The van der Waals surface area contributed by atoms with Gasteiger partial charge in [-0.1, -0.05) is 23.7 Å². The van der Waals surface area contributed by atoms with Crippen molar-refractivity contribution in [2.45, 2.75) is 6.42 Å². The molecule has 0 atom stereocenters. The van der Waals surface area contributed by atoms with Crippen LogP contribution >= 0.6 is 11.6 Å². The molecule has 2 aromatic rings. The van der Waals surface area contributed by atoms with Gasteiger partial charge in [-0.05, 0) is 37.2 Å². The van der Waals surface area contributed by atoms with Crippen LogP contribution in [0, 0.1) is 0 Å². The van der Waals surface area contributed by atoms with Crippen molar-refractivity contribution in [1.82, 2.24) is 15.5 Å². The number of nitrogens with one attached hydrogen (secondary N) is 2. The van der Waals surface area contributed by atoms with Gasteiger partial charge in [-0.2, -0.15) is 0 Å². The molecule has 1 fully saturated rings. The molecule has 0 radical (unpaired) electrons. The molecular formula is C18H22ClN3O2. The molecule has 3 rings (SSSR count). The molecule has 5 nitrogen and oxygen atoms in total. The third-order valence-corrected chi connectivity index (χ3v) is 4.44. The van der Waals surface area contributed by atoms with Gasteiger partial charge in [0.05, 0.1) is 5.02 Å². The fourth-order valence-electron chi connectivity index (χ4n) is 2.79. The molecule has 2 N–H and O–H groups in total. The van der Waals surface area contributed by atoms with E-state index in [1.165, 1.54) is 0 Å². The monoisotopic (exact) mass is 347 g/mol. The van der Waals surface area contributed by atoms with E-state index < -0.39 is 0 Å². The Morgan fingerprint density at radius 3 is 2.79 bits per heavy atom. The smallest absolute Gasteiger partial charge is 0.287 e. The number of carbonyl (C=O) groups excluding carboxylic acids is 1. The summed E-state index contributed by atoms with van der Waals surface area (Å²) in [4.78, 5) is 14.6. The molecule has 1 aliphatic heterocycles. The van der Waals surface area contributed by atoms with Gasteiger partial charge < -0.3 is 20.0 Å². The lowest BCUT2D eigenvalue weighted by Crippen LogP contribution is -2.44. The van der Waals surface area contributed by atoms with E-state index in [-0.39, 0.29) is 5.91 Å². The minimum atomic E-state index is -0.186. The van der Waals surface area contributed by atoms with Crippen LogP contribution in [-0.4, -0.2) is 50.1 Å². The third-order valence-electron chi connectivity index (χ3n) is 4.12. The van der Waals surface area contributed by atoms with Crippen LogP contribution in [0.3, 0.4) is 0 Å². The zero-order chi connectivity index (χ0) is 16.8. The number of benzene rings is 1. The van der Waals surface area contributed by atoms with Crippen molar-refractivity contribution in [3.8, 4) is 11.3 Å². The summed E-state index contributed by atoms with van der Waals surface area (Å²) in [5.41, 5.74) is 0.789. The molecular weight excluding hydrogens is 326 g/mol. The van der Waals surface area contributed by atoms with Gasteiger partial charge in [-0.3, -0.25) is 4.79 Å². The van der Waals surface area contributed by atoms with Crippen LogP contribution in [0.2, 0.25) is 5.02 Å². The number of hydrogen-bond acceptors (Lipinski definition) is 4. The number of piperazine rings is 1. The maximum atomic E-state index is 12.2. The molecule has 6 heteroatoms. The zero-order valence-corrected chi connectivity index (χ0v) is 14.3. The van der Waals surface area contributed by atoms with Gasteiger partial charge in [0.25, 0.3) is 5.91 Å². The Labute approximate surface area is 147 Å². The average molecular weight is 348 g/mol. The molecule has 128 valence electrons. The third kappa shape index (κ3) is 4.38. The van der Waals surface area contributed by atoms with Crippen molar-refractivity contribution in [3.63, 3.8) is 0 Å². The summed E-state index contributed by atoms with van der Waals surface area (Å²) in [5, 5.41) is 6.85. The highest BCUT2D eigenvalue weighted by molar-refractivity contribution is 6.33. The molecule has 0 spiro atoms. The van der Waals surface area contributed by atoms with Crippen LogP contribution in [-0.2, 0) is 0 Å². The van der Waals surface area contributed by atoms with E-state index in [0.717, 1.165) is 44.7 Å². The molecule has 0 saturated carbocycles. The topological polar surface area (TPSA) is 57.5 Å². The first-order chi connectivity index (χ1) is 11.7. The minimum absolute atomic E-state index is 0.186. The lowest BCUT2D eigenvalue weighted by atomic mass is 10.2. The first kappa shape index (κ1) is 17.0. The first-order valence-electron chi connectivity index (χ1n) is 8.30. The summed E-state index contributed by atoms with van der Waals surface area (Å²) < 4.78 is 5.64. The van der Waals surface area contributed by atoms with Gasteiger partial charge in [0, 0.05) is 38.3 Å². The molecule has 1 amide bonds. The number of rotatable bonds is 6. The van der Waals surface area contributed by atoms with Gasteiger partial charge in [0.15, 0.2) is 5.76 Å². The first-order valence-corrected chi connectivity index (χ1v) is 8.68. The van der Waals surface area contributed by atoms with Crippen molar-refractivity contribution in [1.29, 1.82) is 0 Å². The number of amides is 1. The molecule has 0 aliphatic carbocycles. The van der Waals surface area contributed by atoms with Crippen molar-refractivity contribution in [2.24, 2.45) is 0 Å². The highest BCUT2D eigenvalue weighted by Crippen LogP contribution is 2.28. The molecule has 0 bridgehead atoms. The van der Waals surface area contributed by atoms with Crippen molar-refractivity contribution >= 4 is 17.5 Å². The normalized spacial score (nSPS) is 15.4. The number of carbonyl (C=O) groups is 1. The lowest BCUT2D eigenvalue weighted by Gasteiger charge is -2.26. The van der Waals surface area contributed by atoms with Gasteiger partial charge in [-0.25, -0.2) is 0 Å². The minimum Gasteiger partial charge on any atom is -0.451 e. The Morgan fingerprint density at radius 1 is 1.21 bits per heavy atom. The van der Waals surface area contributed by atoms with Crippen LogP contribution < -0.4 is 10.6 Å². The molecule has 1 aromatic heterocycles. The second-order valence-electron chi connectivity index (χ2n) is 5.84. The summed E-state index contributed by atoms with van der Waals surface area (Å²) in [5.74, 6) is 0.729. The Kier molecular flexibility index (Phi) is 5.91. The highest BCUT2D eigenvalue weighted by atomic mass is 35.5. The Balaban J connectivity index is 1.48. The fraction of sp³-hybridized carbons (Fsp3) is 0.389. The predicted octanol–water partition coefficient (Wildman–Crippen LogP) is 2.63. The van der Waals surface area contributed by atoms with Gasteiger partial charge in [-0.15, -0.1) is 0 Å². The Bertz CT molecular complexity index is 680. The van der Waals surface area contributed by atoms with Crippen LogP contribution in [0.4, 0.5) is 0 Å². The largest absolute Gasteiger partial charge is 0.451 e. The van der Waals surface area contributed by atoms with E-state index in [9.17, 15) is 4.79 Å². The number of nitrogens with zero attached hydrogens (tertiary/aromatic N) is 1. The molecule has 1 aromatic carbocycles. The lowest BCUT2D eigenvalue weighted by molar-refractivity contribution is 0.0924. The average Bonchev–Trinajstić information content (AvgIpc) is 3.10. The summed E-state index contributed by atoms with van der Waals surface area (Å²) in [6.45, 7) is 5.89. The molecule has 24 heavy (non-hydrogen) atoms. The van der Waals surface area contributed by atoms with E-state index in [0.29, 0.717) is 23.1 Å². The van der Waals surface area contributed by atoms with E-state index >= 15 is 0 Å². The zero-order valence-electron chi connectivity index (χ0n) is 13.6. The predicted molar refractivity (Wildman–Crippen MR) is 95.4 cm³/mol. The Hall–Kier alpha value is -1.82. The summed E-state index contributed by atoms with van der Waals surface area (Å²) in [7, 11) is 0. The maximum Gasteiger partial charge on any atom is 0.287 e. The summed E-state index contributed by atoms with van der Waals surface area (Å²) in [6, 6.07) is 10.9. The number of halogens is 1. The SMILES string of the molecule is O=C(NCCCN1CCNCC1)c1ccc(-c2ccccc2Cl)o1. The van der Waals surface area contributed by atoms with E-state index in [2.05, 4.69) is 15.5 Å².